The molecule has 0 radical (unpaired) electrons. The third-order valence-electron chi connectivity index (χ3n) is 6.84. The maximum absolute atomic E-state index is 13.7. The summed E-state index contributed by atoms with van der Waals surface area (Å²) in [6, 6.07) is 31.9. The Morgan fingerprint density at radius 2 is 1.49 bits per heavy atom. The van der Waals surface area contributed by atoms with Gasteiger partial charge in [-0.1, -0.05) is 73.7 Å². The second kappa shape index (κ2) is 9.43. The number of rotatable bonds is 6. The van der Waals surface area contributed by atoms with E-state index in [1.54, 1.807) is 29.2 Å². The molecule has 37 heavy (non-hydrogen) atoms. The molecule has 182 valence electrons. The molecule has 5 nitrogen and oxygen atoms in total. The number of ether oxygens (including phenoxy) is 1. The predicted molar refractivity (Wildman–Crippen MR) is 144 cm³/mol. The molecule has 5 aromatic rings. The summed E-state index contributed by atoms with van der Waals surface area (Å²) < 4.78 is 12.0. The van der Waals surface area contributed by atoms with Crippen molar-refractivity contribution < 1.29 is 13.9 Å². The van der Waals surface area contributed by atoms with E-state index in [4.69, 9.17) is 9.15 Å². The Bertz CT molecular complexity index is 1640. The van der Waals surface area contributed by atoms with E-state index < -0.39 is 6.04 Å². The van der Waals surface area contributed by atoms with Crippen molar-refractivity contribution in [3.63, 3.8) is 0 Å². The van der Waals surface area contributed by atoms with Crippen LogP contribution in [-0.2, 0) is 13.0 Å². The monoisotopic (exact) mass is 487 g/mol. The number of fused-ring (bicyclic) bond motifs is 2. The lowest BCUT2D eigenvalue weighted by Gasteiger charge is -2.25. The first kappa shape index (κ1) is 22.8. The van der Waals surface area contributed by atoms with Crippen molar-refractivity contribution in [3.8, 4) is 5.75 Å². The molecule has 1 aliphatic heterocycles. The van der Waals surface area contributed by atoms with Gasteiger partial charge in [-0.25, -0.2) is 0 Å². The van der Waals surface area contributed by atoms with Gasteiger partial charge in [0.1, 0.15) is 17.9 Å². The van der Waals surface area contributed by atoms with Gasteiger partial charge in [0, 0.05) is 5.69 Å². The highest BCUT2D eigenvalue weighted by molar-refractivity contribution is 6.10. The largest absolute Gasteiger partial charge is 0.489 e. The van der Waals surface area contributed by atoms with Crippen molar-refractivity contribution in [1.29, 1.82) is 0 Å². The Balaban J connectivity index is 1.43. The molecule has 1 aliphatic rings. The van der Waals surface area contributed by atoms with E-state index in [9.17, 15) is 9.59 Å². The minimum Gasteiger partial charge on any atom is -0.489 e. The van der Waals surface area contributed by atoms with E-state index in [0.29, 0.717) is 34.6 Å². The van der Waals surface area contributed by atoms with Crippen LogP contribution in [0.1, 0.15) is 45.8 Å². The van der Waals surface area contributed by atoms with E-state index in [0.717, 1.165) is 17.5 Å². The Labute approximate surface area is 214 Å². The normalized spacial score (nSPS) is 14.7. The first-order chi connectivity index (χ1) is 18.1. The minimum absolute atomic E-state index is 0.0951. The number of carbonyl (C=O) groups excluding carboxylic acids is 1. The zero-order valence-electron chi connectivity index (χ0n) is 20.4. The van der Waals surface area contributed by atoms with Crippen LogP contribution in [0.3, 0.4) is 0 Å². The van der Waals surface area contributed by atoms with Crippen LogP contribution in [-0.4, -0.2) is 5.91 Å². The number of benzene rings is 4. The molecule has 0 saturated heterocycles. The summed E-state index contributed by atoms with van der Waals surface area (Å²) in [5, 5.41) is 0.463. The van der Waals surface area contributed by atoms with Gasteiger partial charge in [-0.3, -0.25) is 14.5 Å². The van der Waals surface area contributed by atoms with Crippen LogP contribution in [0.2, 0.25) is 0 Å². The van der Waals surface area contributed by atoms with Crippen molar-refractivity contribution in [2.75, 3.05) is 4.90 Å². The molecule has 0 saturated carbocycles. The molecule has 5 heteroatoms. The number of aryl methyl sites for hydroxylation is 1. The lowest BCUT2D eigenvalue weighted by molar-refractivity contribution is 0.0971. The van der Waals surface area contributed by atoms with Gasteiger partial charge in [-0.2, -0.15) is 0 Å². The fourth-order valence-electron chi connectivity index (χ4n) is 4.88. The van der Waals surface area contributed by atoms with Crippen molar-refractivity contribution in [3.05, 3.63) is 141 Å². The molecule has 0 aliphatic carbocycles. The number of nitrogens with zero attached hydrogens (tertiary/aromatic N) is 1. The second-order valence-corrected chi connectivity index (χ2v) is 9.11. The number of para-hydroxylation sites is 1. The standard InChI is InChI=1S/C32H25NO4/c1-2-21-12-16-24(17-13-21)33-29(23-14-18-25(19-15-23)36-20-22-8-4-3-5-9-22)28-30(34)26-10-6-7-11-27(26)37-31(28)32(33)35/h3-19,29H,2,20H2,1H3. The molecule has 6 rings (SSSR count). The third-order valence-corrected chi connectivity index (χ3v) is 6.84. The summed E-state index contributed by atoms with van der Waals surface area (Å²) in [5.74, 6) is 0.482. The van der Waals surface area contributed by atoms with Gasteiger partial charge in [0.2, 0.25) is 5.76 Å². The Hall–Kier alpha value is -4.64. The first-order valence-corrected chi connectivity index (χ1v) is 12.4. The summed E-state index contributed by atoms with van der Waals surface area (Å²) >= 11 is 0. The van der Waals surface area contributed by atoms with Crippen molar-refractivity contribution >= 4 is 22.6 Å². The van der Waals surface area contributed by atoms with E-state index in [1.807, 2.05) is 78.9 Å². The van der Waals surface area contributed by atoms with E-state index in [-0.39, 0.29) is 17.1 Å². The van der Waals surface area contributed by atoms with Crippen molar-refractivity contribution in [2.45, 2.75) is 26.0 Å². The average molecular weight is 488 g/mol. The zero-order valence-corrected chi connectivity index (χ0v) is 20.4. The Kier molecular flexibility index (Phi) is 5.81. The van der Waals surface area contributed by atoms with Crippen LogP contribution in [0, 0.1) is 0 Å². The van der Waals surface area contributed by atoms with Crippen LogP contribution >= 0.6 is 0 Å². The number of amides is 1. The van der Waals surface area contributed by atoms with Gasteiger partial charge in [0.05, 0.1) is 17.0 Å². The van der Waals surface area contributed by atoms with Crippen LogP contribution < -0.4 is 15.1 Å². The van der Waals surface area contributed by atoms with Crippen LogP contribution in [0.5, 0.6) is 5.75 Å². The second-order valence-electron chi connectivity index (χ2n) is 9.11. The maximum atomic E-state index is 13.7. The van der Waals surface area contributed by atoms with Gasteiger partial charge in [-0.05, 0) is 59.5 Å². The highest BCUT2D eigenvalue weighted by Gasteiger charge is 2.43. The molecule has 0 fully saturated rings. The average Bonchev–Trinajstić information content (AvgIpc) is 3.25. The molecule has 1 amide bonds. The molecule has 1 unspecified atom stereocenters. The van der Waals surface area contributed by atoms with Gasteiger partial charge in [0.15, 0.2) is 5.43 Å². The predicted octanol–water partition coefficient (Wildman–Crippen LogP) is 6.68. The fourth-order valence-corrected chi connectivity index (χ4v) is 4.88. The topological polar surface area (TPSA) is 59.8 Å². The molecule has 2 heterocycles. The molecule has 4 aromatic carbocycles. The summed E-state index contributed by atoms with van der Waals surface area (Å²) in [5.41, 5.74) is 4.35. The summed E-state index contributed by atoms with van der Waals surface area (Å²) in [7, 11) is 0. The van der Waals surface area contributed by atoms with E-state index in [2.05, 4.69) is 6.92 Å². The lowest BCUT2D eigenvalue weighted by Crippen LogP contribution is -2.29. The SMILES string of the molecule is CCc1ccc(N2C(=O)c3oc4ccccc4c(=O)c3C2c2ccc(OCc3ccccc3)cc2)cc1. The van der Waals surface area contributed by atoms with Gasteiger partial charge < -0.3 is 9.15 Å². The number of anilines is 1. The van der Waals surface area contributed by atoms with Crippen LogP contribution in [0.25, 0.3) is 11.0 Å². The van der Waals surface area contributed by atoms with Crippen LogP contribution in [0.15, 0.2) is 112 Å². The molecular formula is C32H25NO4. The summed E-state index contributed by atoms with van der Waals surface area (Å²) in [6.07, 6.45) is 0.897. The number of carbonyl (C=O) groups is 1. The quantitative estimate of drug-likeness (QED) is 0.268. The molecule has 0 spiro atoms. The highest BCUT2D eigenvalue weighted by Crippen LogP contribution is 2.41. The number of hydrogen-bond donors (Lipinski definition) is 0. The molecule has 1 atom stereocenters. The van der Waals surface area contributed by atoms with Crippen molar-refractivity contribution in [1.82, 2.24) is 0 Å². The molecule has 0 bridgehead atoms. The summed E-state index contributed by atoms with van der Waals surface area (Å²) in [6.45, 7) is 2.54. The van der Waals surface area contributed by atoms with E-state index in [1.165, 1.54) is 5.56 Å². The molecule has 0 N–H and O–H groups in total. The first-order valence-electron chi connectivity index (χ1n) is 12.4. The minimum atomic E-state index is -0.612. The number of hydrogen-bond acceptors (Lipinski definition) is 4. The lowest BCUT2D eigenvalue weighted by atomic mass is 9.98. The third kappa shape index (κ3) is 4.08. The van der Waals surface area contributed by atoms with Crippen molar-refractivity contribution in [2.24, 2.45) is 0 Å². The Morgan fingerprint density at radius 3 is 2.22 bits per heavy atom. The van der Waals surface area contributed by atoms with E-state index >= 15 is 0 Å². The molecular weight excluding hydrogens is 462 g/mol. The highest BCUT2D eigenvalue weighted by atomic mass is 16.5. The smallest absolute Gasteiger partial charge is 0.295 e. The molecule has 1 aromatic heterocycles. The van der Waals surface area contributed by atoms with Gasteiger partial charge >= 0.3 is 0 Å². The van der Waals surface area contributed by atoms with Gasteiger partial charge in [-0.15, -0.1) is 0 Å². The van der Waals surface area contributed by atoms with Crippen LogP contribution in [0.4, 0.5) is 5.69 Å². The van der Waals surface area contributed by atoms with Gasteiger partial charge in [0.25, 0.3) is 5.91 Å². The Morgan fingerprint density at radius 1 is 0.784 bits per heavy atom. The zero-order chi connectivity index (χ0) is 25.4. The maximum Gasteiger partial charge on any atom is 0.295 e. The summed E-state index contributed by atoms with van der Waals surface area (Å²) in [4.78, 5) is 29.1. The fraction of sp³-hybridized carbons (Fsp3) is 0.125.